The molecule has 1 aromatic carbocycles. The molecule has 0 saturated carbocycles. The van der Waals surface area contributed by atoms with Crippen molar-refractivity contribution in [3.05, 3.63) is 35.6 Å². The van der Waals surface area contributed by atoms with Gasteiger partial charge in [-0.25, -0.2) is 4.39 Å². The van der Waals surface area contributed by atoms with E-state index in [1.807, 2.05) is 6.92 Å². The highest BCUT2D eigenvalue weighted by Crippen LogP contribution is 2.20. The van der Waals surface area contributed by atoms with E-state index in [9.17, 15) is 14.3 Å². The molecule has 128 valence electrons. The number of halogens is 1. The summed E-state index contributed by atoms with van der Waals surface area (Å²) in [5.74, 6) is -0.419. The van der Waals surface area contributed by atoms with Crippen LogP contribution in [0.4, 0.5) is 4.39 Å². The van der Waals surface area contributed by atoms with Crippen LogP contribution in [-0.4, -0.2) is 41.6 Å². The van der Waals surface area contributed by atoms with Crippen LogP contribution in [0.25, 0.3) is 0 Å². The van der Waals surface area contributed by atoms with E-state index in [1.54, 1.807) is 19.1 Å². The Bertz CT molecular complexity index is 508. The Labute approximate surface area is 137 Å². The van der Waals surface area contributed by atoms with Crippen LogP contribution in [0.2, 0.25) is 0 Å². The molecule has 23 heavy (non-hydrogen) atoms. The molecule has 1 saturated heterocycles. The lowest BCUT2D eigenvalue weighted by Crippen LogP contribution is -2.48. The van der Waals surface area contributed by atoms with Gasteiger partial charge < -0.3 is 10.4 Å². The Hall–Kier alpha value is -1.46. The summed E-state index contributed by atoms with van der Waals surface area (Å²) in [6.07, 6.45) is 4.71. The number of carbonyl (C=O) groups excluding carboxylic acids is 1. The molecule has 1 aromatic rings. The zero-order chi connectivity index (χ0) is 16.9. The number of nitrogens with one attached hydrogen (secondary N) is 1. The van der Waals surface area contributed by atoms with Crippen molar-refractivity contribution >= 4 is 5.91 Å². The summed E-state index contributed by atoms with van der Waals surface area (Å²) in [6, 6.07) is 5.51. The van der Waals surface area contributed by atoms with Gasteiger partial charge in [0.2, 0.25) is 5.91 Å². The highest BCUT2D eigenvalue weighted by atomic mass is 19.1. The van der Waals surface area contributed by atoms with Crippen LogP contribution in [0.3, 0.4) is 0 Å². The summed E-state index contributed by atoms with van der Waals surface area (Å²) in [4.78, 5) is 14.6. The van der Waals surface area contributed by atoms with E-state index in [-0.39, 0.29) is 24.3 Å². The minimum Gasteiger partial charge on any atom is -0.384 e. The molecular weight excluding hydrogens is 295 g/mol. The summed E-state index contributed by atoms with van der Waals surface area (Å²) >= 11 is 0. The number of carbonyl (C=O) groups is 1. The molecule has 1 aliphatic heterocycles. The third-order valence-corrected chi connectivity index (χ3v) is 4.64. The van der Waals surface area contributed by atoms with Crippen LogP contribution in [0, 0.1) is 5.82 Å². The third kappa shape index (κ3) is 5.01. The van der Waals surface area contributed by atoms with Gasteiger partial charge >= 0.3 is 0 Å². The van der Waals surface area contributed by atoms with Crippen LogP contribution in [0.1, 0.15) is 45.1 Å². The Morgan fingerprint density at radius 1 is 1.26 bits per heavy atom. The lowest BCUT2D eigenvalue weighted by atomic mass is 9.96. The fourth-order valence-corrected chi connectivity index (χ4v) is 2.97. The molecule has 5 heteroatoms. The lowest BCUT2D eigenvalue weighted by molar-refractivity contribution is -0.127. The molecule has 1 fully saturated rings. The Kier molecular flexibility index (Phi) is 6.13. The number of nitrogens with zero attached hydrogens (tertiary/aromatic N) is 1. The number of benzene rings is 1. The molecule has 1 aliphatic rings. The van der Waals surface area contributed by atoms with E-state index in [2.05, 4.69) is 10.2 Å². The minimum atomic E-state index is -1.22. The van der Waals surface area contributed by atoms with Crippen molar-refractivity contribution in [1.29, 1.82) is 0 Å². The number of hydrogen-bond donors (Lipinski definition) is 2. The van der Waals surface area contributed by atoms with Crippen LogP contribution in [0.5, 0.6) is 0 Å². The number of amides is 1. The maximum atomic E-state index is 13.0. The maximum Gasteiger partial charge on any atom is 0.237 e. The van der Waals surface area contributed by atoms with Crippen molar-refractivity contribution in [2.24, 2.45) is 0 Å². The highest BCUT2D eigenvalue weighted by molar-refractivity contribution is 5.81. The molecule has 0 bridgehead atoms. The number of aliphatic hydroxyl groups is 1. The topological polar surface area (TPSA) is 52.6 Å². The summed E-state index contributed by atoms with van der Waals surface area (Å²) in [5.41, 5.74) is -0.636. The Morgan fingerprint density at radius 3 is 2.39 bits per heavy atom. The average Bonchev–Trinajstić information content (AvgIpc) is 2.81. The van der Waals surface area contributed by atoms with Crippen LogP contribution in [-0.2, 0) is 10.4 Å². The van der Waals surface area contributed by atoms with E-state index in [4.69, 9.17) is 0 Å². The van der Waals surface area contributed by atoms with Crippen LogP contribution in [0.15, 0.2) is 24.3 Å². The maximum absolute atomic E-state index is 13.0. The molecule has 2 rings (SSSR count). The summed E-state index contributed by atoms with van der Waals surface area (Å²) in [7, 11) is 0. The predicted molar refractivity (Wildman–Crippen MR) is 88.5 cm³/mol. The first-order valence-electron chi connectivity index (χ1n) is 8.40. The van der Waals surface area contributed by atoms with Gasteiger partial charge in [-0.3, -0.25) is 9.69 Å². The quantitative estimate of drug-likeness (QED) is 0.875. The summed E-state index contributed by atoms with van der Waals surface area (Å²) in [6.45, 7) is 5.53. The average molecular weight is 322 g/mol. The minimum absolute atomic E-state index is 0.0747. The van der Waals surface area contributed by atoms with Crippen molar-refractivity contribution in [2.75, 3.05) is 19.6 Å². The molecule has 2 N–H and O–H groups in total. The van der Waals surface area contributed by atoms with E-state index >= 15 is 0 Å². The molecule has 0 radical (unpaired) electrons. The van der Waals surface area contributed by atoms with Gasteiger partial charge in [-0.15, -0.1) is 0 Å². The molecule has 0 spiro atoms. The fraction of sp³-hybridized carbons (Fsp3) is 0.611. The van der Waals surface area contributed by atoms with Gasteiger partial charge in [-0.2, -0.15) is 0 Å². The Balaban J connectivity index is 1.90. The summed E-state index contributed by atoms with van der Waals surface area (Å²) in [5, 5.41) is 13.3. The van der Waals surface area contributed by atoms with E-state index in [1.165, 1.54) is 25.0 Å². The molecule has 1 amide bonds. The van der Waals surface area contributed by atoms with Gasteiger partial charge in [0.1, 0.15) is 11.4 Å². The van der Waals surface area contributed by atoms with Gasteiger partial charge in [0.05, 0.1) is 12.6 Å². The first-order chi connectivity index (χ1) is 10.9. The normalized spacial score (nSPS) is 20.3. The van der Waals surface area contributed by atoms with Gasteiger partial charge in [-0.1, -0.05) is 25.0 Å². The van der Waals surface area contributed by atoms with E-state index in [0.717, 1.165) is 25.9 Å². The number of hydrogen-bond acceptors (Lipinski definition) is 3. The van der Waals surface area contributed by atoms with E-state index in [0.29, 0.717) is 5.56 Å². The van der Waals surface area contributed by atoms with Gasteiger partial charge in [-0.05, 0) is 57.5 Å². The van der Waals surface area contributed by atoms with Crippen molar-refractivity contribution < 1.29 is 14.3 Å². The second-order valence-electron chi connectivity index (χ2n) is 6.62. The molecule has 0 aliphatic carbocycles. The first-order valence-corrected chi connectivity index (χ1v) is 8.40. The number of likely N-dealkylation sites (tertiary alicyclic amines) is 1. The smallest absolute Gasteiger partial charge is 0.237 e. The molecule has 2 atom stereocenters. The Morgan fingerprint density at radius 2 is 1.83 bits per heavy atom. The second kappa shape index (κ2) is 7.88. The second-order valence-corrected chi connectivity index (χ2v) is 6.62. The number of rotatable bonds is 5. The third-order valence-electron chi connectivity index (χ3n) is 4.64. The zero-order valence-electron chi connectivity index (χ0n) is 14.0. The lowest BCUT2D eigenvalue weighted by Gasteiger charge is -2.29. The summed E-state index contributed by atoms with van der Waals surface area (Å²) < 4.78 is 13.0. The monoisotopic (exact) mass is 322 g/mol. The standard InChI is InChI=1S/C18H27FN2O2/c1-14(21-11-5-3-4-6-12-21)17(22)20-13-18(2,23)15-7-9-16(19)10-8-15/h7-10,14,23H,3-6,11-13H2,1-2H3,(H,20,22). The fourth-order valence-electron chi connectivity index (χ4n) is 2.97. The van der Waals surface area contributed by atoms with Crippen molar-refractivity contribution in [3.63, 3.8) is 0 Å². The van der Waals surface area contributed by atoms with Crippen molar-refractivity contribution in [2.45, 2.75) is 51.2 Å². The molecule has 0 aromatic heterocycles. The zero-order valence-corrected chi connectivity index (χ0v) is 14.0. The predicted octanol–water partition coefficient (Wildman–Crippen LogP) is 2.41. The highest BCUT2D eigenvalue weighted by Gasteiger charge is 2.27. The van der Waals surface area contributed by atoms with Gasteiger partial charge in [0, 0.05) is 0 Å². The van der Waals surface area contributed by atoms with Gasteiger partial charge in [0.15, 0.2) is 0 Å². The van der Waals surface area contributed by atoms with Gasteiger partial charge in [0.25, 0.3) is 0 Å². The van der Waals surface area contributed by atoms with Crippen molar-refractivity contribution in [1.82, 2.24) is 10.2 Å². The first kappa shape index (κ1) is 17.9. The van der Waals surface area contributed by atoms with Crippen molar-refractivity contribution in [3.8, 4) is 0 Å². The molecule has 4 nitrogen and oxygen atoms in total. The van der Waals surface area contributed by atoms with Crippen LogP contribution >= 0.6 is 0 Å². The largest absolute Gasteiger partial charge is 0.384 e. The molecule has 1 heterocycles. The van der Waals surface area contributed by atoms with E-state index < -0.39 is 5.60 Å². The molecule has 2 unspecified atom stereocenters. The molecular formula is C18H27FN2O2. The SMILES string of the molecule is CC(C(=O)NCC(C)(O)c1ccc(F)cc1)N1CCCCCC1. The van der Waals surface area contributed by atoms with Crippen LogP contribution < -0.4 is 5.32 Å².